The zero-order chi connectivity index (χ0) is 23.4. The van der Waals surface area contributed by atoms with E-state index >= 15 is 0 Å². The number of ether oxygens (including phenoxy) is 1. The molecule has 2 heterocycles. The summed E-state index contributed by atoms with van der Waals surface area (Å²) in [5.41, 5.74) is 1.01. The van der Waals surface area contributed by atoms with Gasteiger partial charge in [-0.3, -0.25) is 9.59 Å². The van der Waals surface area contributed by atoms with Gasteiger partial charge in [-0.15, -0.1) is 0 Å². The molecule has 0 radical (unpaired) electrons. The maximum Gasteiger partial charge on any atom is 0.222 e. The second-order valence-electron chi connectivity index (χ2n) is 8.81. The number of rotatable bonds is 7. The van der Waals surface area contributed by atoms with Crippen LogP contribution in [0.1, 0.15) is 31.2 Å². The van der Waals surface area contributed by atoms with E-state index in [2.05, 4.69) is 10.2 Å². The van der Waals surface area contributed by atoms with Crippen LogP contribution in [0.4, 0.5) is 10.1 Å². The van der Waals surface area contributed by atoms with Crippen LogP contribution in [0.2, 0.25) is 5.02 Å². The quantitative estimate of drug-likeness (QED) is 0.664. The molecule has 2 saturated heterocycles. The lowest BCUT2D eigenvalue weighted by atomic mass is 9.84. The molecule has 4 rings (SSSR count). The van der Waals surface area contributed by atoms with E-state index in [4.69, 9.17) is 16.3 Å². The first-order valence-electron chi connectivity index (χ1n) is 11.3. The Labute approximate surface area is 198 Å². The molecule has 8 heteroatoms. The molecule has 1 atom stereocenters. The van der Waals surface area contributed by atoms with Gasteiger partial charge in [0.2, 0.25) is 11.8 Å². The number of halogens is 2. The number of amides is 2. The maximum absolute atomic E-state index is 14.6. The Morgan fingerprint density at radius 1 is 1.15 bits per heavy atom. The van der Waals surface area contributed by atoms with Gasteiger partial charge in [-0.2, -0.15) is 0 Å². The Morgan fingerprint density at radius 3 is 2.48 bits per heavy atom. The SMILES string of the molecule is COc1ccc(C[C@]2(CCC(=O)N3CCN(c4ccc(Cl)cc4)CC3)CCC(=O)N2)c(F)c1. The third kappa shape index (κ3) is 5.58. The van der Waals surface area contributed by atoms with Crippen molar-refractivity contribution >= 4 is 29.1 Å². The van der Waals surface area contributed by atoms with Gasteiger partial charge in [-0.05, 0) is 55.2 Å². The van der Waals surface area contributed by atoms with Crippen molar-refractivity contribution in [3.63, 3.8) is 0 Å². The minimum absolute atomic E-state index is 0.0482. The highest BCUT2D eigenvalue weighted by molar-refractivity contribution is 6.30. The molecule has 0 spiro atoms. The third-order valence-corrected chi connectivity index (χ3v) is 6.92. The van der Waals surface area contributed by atoms with Crippen LogP contribution in [-0.4, -0.2) is 55.5 Å². The first-order chi connectivity index (χ1) is 15.9. The summed E-state index contributed by atoms with van der Waals surface area (Å²) in [5, 5.41) is 3.74. The zero-order valence-electron chi connectivity index (χ0n) is 18.8. The van der Waals surface area contributed by atoms with Crippen molar-refractivity contribution in [2.24, 2.45) is 0 Å². The lowest BCUT2D eigenvalue weighted by Gasteiger charge is -2.37. The first-order valence-corrected chi connectivity index (χ1v) is 11.7. The van der Waals surface area contributed by atoms with E-state index in [1.807, 2.05) is 29.2 Å². The predicted molar refractivity (Wildman–Crippen MR) is 126 cm³/mol. The number of piperazine rings is 1. The molecule has 176 valence electrons. The Kier molecular flexibility index (Phi) is 7.08. The number of anilines is 1. The highest BCUT2D eigenvalue weighted by Crippen LogP contribution is 2.31. The maximum atomic E-state index is 14.6. The number of carbonyl (C=O) groups is 2. The van der Waals surface area contributed by atoms with Crippen molar-refractivity contribution < 1.29 is 18.7 Å². The predicted octanol–water partition coefficient (Wildman–Crippen LogP) is 3.81. The Hall–Kier alpha value is -2.80. The van der Waals surface area contributed by atoms with E-state index in [1.54, 1.807) is 12.1 Å². The monoisotopic (exact) mass is 473 g/mol. The van der Waals surface area contributed by atoms with Gasteiger partial charge >= 0.3 is 0 Å². The summed E-state index contributed by atoms with van der Waals surface area (Å²) in [4.78, 5) is 29.1. The molecule has 2 aliphatic rings. The van der Waals surface area contributed by atoms with Crippen LogP contribution in [0.3, 0.4) is 0 Å². The van der Waals surface area contributed by atoms with Gasteiger partial charge in [0.1, 0.15) is 11.6 Å². The molecule has 0 aromatic heterocycles. The van der Waals surface area contributed by atoms with E-state index in [9.17, 15) is 14.0 Å². The van der Waals surface area contributed by atoms with Gasteiger partial charge in [-0.1, -0.05) is 17.7 Å². The lowest BCUT2D eigenvalue weighted by Crippen LogP contribution is -2.50. The van der Waals surface area contributed by atoms with E-state index < -0.39 is 5.54 Å². The summed E-state index contributed by atoms with van der Waals surface area (Å²) in [5.74, 6) is 0.114. The molecule has 0 bridgehead atoms. The van der Waals surface area contributed by atoms with E-state index in [0.29, 0.717) is 61.5 Å². The van der Waals surface area contributed by atoms with Crippen LogP contribution in [0, 0.1) is 5.82 Å². The summed E-state index contributed by atoms with van der Waals surface area (Å²) < 4.78 is 19.6. The van der Waals surface area contributed by atoms with Crippen molar-refractivity contribution in [2.45, 2.75) is 37.6 Å². The fourth-order valence-corrected chi connectivity index (χ4v) is 4.84. The topological polar surface area (TPSA) is 61.9 Å². The zero-order valence-corrected chi connectivity index (χ0v) is 19.5. The Morgan fingerprint density at radius 2 is 1.88 bits per heavy atom. The number of methoxy groups -OCH3 is 1. The number of benzene rings is 2. The number of hydrogen-bond donors (Lipinski definition) is 1. The summed E-state index contributed by atoms with van der Waals surface area (Å²) in [6.07, 6.45) is 2.15. The van der Waals surface area contributed by atoms with E-state index in [-0.39, 0.29) is 17.6 Å². The van der Waals surface area contributed by atoms with Gasteiger partial charge in [0.15, 0.2) is 0 Å². The number of carbonyl (C=O) groups excluding carboxylic acids is 2. The van der Waals surface area contributed by atoms with Crippen molar-refractivity contribution in [1.82, 2.24) is 10.2 Å². The summed E-state index contributed by atoms with van der Waals surface area (Å²) in [7, 11) is 1.49. The number of nitrogens with zero attached hydrogens (tertiary/aromatic N) is 2. The highest BCUT2D eigenvalue weighted by atomic mass is 35.5. The van der Waals surface area contributed by atoms with Crippen LogP contribution in [0.15, 0.2) is 42.5 Å². The number of nitrogens with one attached hydrogen (secondary N) is 1. The fourth-order valence-electron chi connectivity index (χ4n) is 4.72. The van der Waals surface area contributed by atoms with Crippen LogP contribution in [0.25, 0.3) is 0 Å². The molecule has 2 amide bonds. The molecule has 2 aromatic rings. The van der Waals surface area contributed by atoms with E-state index in [0.717, 1.165) is 18.8 Å². The molecule has 33 heavy (non-hydrogen) atoms. The standard InChI is InChI=1S/C25H29ClFN3O3/c1-33-21-7-2-18(22(27)16-21)17-25(10-8-23(31)28-25)11-9-24(32)30-14-12-29(13-15-30)20-5-3-19(26)4-6-20/h2-7,16H,8-15,17H2,1H3,(H,28,31)/t25-/m1/s1. The van der Waals surface area contributed by atoms with Gasteiger partial charge < -0.3 is 19.9 Å². The first kappa shape index (κ1) is 23.4. The summed E-state index contributed by atoms with van der Waals surface area (Å²) in [6.45, 7) is 2.81. The average molecular weight is 474 g/mol. The van der Waals surface area contributed by atoms with Crippen LogP contribution in [-0.2, 0) is 16.0 Å². The molecule has 0 aliphatic carbocycles. The van der Waals surface area contributed by atoms with Gasteiger partial charge in [-0.25, -0.2) is 4.39 Å². The minimum atomic E-state index is -0.604. The lowest BCUT2D eigenvalue weighted by molar-refractivity contribution is -0.132. The molecular weight excluding hydrogens is 445 g/mol. The molecule has 2 aliphatic heterocycles. The van der Waals surface area contributed by atoms with Gasteiger partial charge in [0.25, 0.3) is 0 Å². The largest absolute Gasteiger partial charge is 0.497 e. The summed E-state index contributed by atoms with van der Waals surface area (Å²) in [6, 6.07) is 12.5. The molecular formula is C25H29ClFN3O3. The van der Waals surface area contributed by atoms with Crippen molar-refractivity contribution in [3.05, 3.63) is 58.9 Å². The molecule has 2 aromatic carbocycles. The third-order valence-electron chi connectivity index (χ3n) is 6.67. The number of hydrogen-bond acceptors (Lipinski definition) is 4. The second kappa shape index (κ2) is 10.00. The smallest absolute Gasteiger partial charge is 0.222 e. The van der Waals surface area contributed by atoms with Crippen LogP contribution in [0.5, 0.6) is 5.75 Å². The molecule has 1 N–H and O–H groups in total. The van der Waals surface area contributed by atoms with Crippen molar-refractivity contribution in [1.29, 1.82) is 0 Å². The van der Waals surface area contributed by atoms with Gasteiger partial charge in [0.05, 0.1) is 7.11 Å². The Bertz CT molecular complexity index is 1010. The molecule has 2 fully saturated rings. The van der Waals surface area contributed by atoms with Crippen molar-refractivity contribution in [3.8, 4) is 5.75 Å². The molecule has 6 nitrogen and oxygen atoms in total. The molecule has 0 saturated carbocycles. The average Bonchev–Trinajstić information content (AvgIpc) is 3.20. The van der Waals surface area contributed by atoms with Crippen molar-refractivity contribution in [2.75, 3.05) is 38.2 Å². The highest BCUT2D eigenvalue weighted by Gasteiger charge is 2.39. The summed E-state index contributed by atoms with van der Waals surface area (Å²) >= 11 is 5.97. The van der Waals surface area contributed by atoms with Crippen LogP contribution >= 0.6 is 11.6 Å². The Balaban J connectivity index is 1.35. The minimum Gasteiger partial charge on any atom is -0.497 e. The second-order valence-corrected chi connectivity index (χ2v) is 9.24. The van der Waals surface area contributed by atoms with Gasteiger partial charge in [0, 0.05) is 61.3 Å². The van der Waals surface area contributed by atoms with Crippen LogP contribution < -0.4 is 15.0 Å². The normalized spacial score (nSPS) is 20.6. The fraction of sp³-hybridized carbons (Fsp3) is 0.440. The molecule has 0 unspecified atom stereocenters. The van der Waals surface area contributed by atoms with E-state index in [1.165, 1.54) is 13.2 Å².